The second-order valence-corrected chi connectivity index (χ2v) is 9.04. The van der Waals surface area contributed by atoms with E-state index < -0.39 is 27.1 Å². The van der Waals surface area contributed by atoms with Gasteiger partial charge < -0.3 is 10.1 Å². The molecule has 0 saturated heterocycles. The maximum absolute atomic E-state index is 12.7. The SMILES string of the molecule is CCOC(=N)CCCCCNC(=O)c1cc(Sc2nnc(CC)s2)c([N+](=O)[O-])cc1[N+](=O)[O-]. The van der Waals surface area contributed by atoms with E-state index >= 15 is 0 Å². The van der Waals surface area contributed by atoms with Crippen LogP contribution < -0.4 is 5.32 Å². The molecular formula is C19H24N6O6S2. The van der Waals surface area contributed by atoms with E-state index in [-0.39, 0.29) is 22.9 Å². The van der Waals surface area contributed by atoms with Crippen LogP contribution in [0.4, 0.5) is 11.4 Å². The lowest BCUT2D eigenvalue weighted by molar-refractivity contribution is -0.396. The Hall–Kier alpha value is -3.13. The molecule has 0 aliphatic heterocycles. The van der Waals surface area contributed by atoms with Crippen LogP contribution in [0, 0.1) is 25.6 Å². The molecule has 1 heterocycles. The topological polar surface area (TPSA) is 174 Å². The molecule has 2 N–H and O–H groups in total. The van der Waals surface area contributed by atoms with Crippen LogP contribution in [0.3, 0.4) is 0 Å². The van der Waals surface area contributed by atoms with E-state index in [0.29, 0.717) is 30.2 Å². The van der Waals surface area contributed by atoms with Crippen molar-refractivity contribution in [2.45, 2.75) is 55.2 Å². The lowest BCUT2D eigenvalue weighted by Gasteiger charge is -2.08. The van der Waals surface area contributed by atoms with Crippen molar-refractivity contribution in [1.82, 2.24) is 15.5 Å². The minimum atomic E-state index is -0.810. The number of rotatable bonds is 13. The number of hydrogen-bond donors (Lipinski definition) is 2. The van der Waals surface area contributed by atoms with Gasteiger partial charge in [0.05, 0.1) is 27.4 Å². The third-order valence-corrected chi connectivity index (χ3v) is 6.51. The number of amides is 1. The van der Waals surface area contributed by atoms with Crippen molar-refractivity contribution in [3.63, 3.8) is 0 Å². The molecule has 0 bridgehead atoms. The first-order chi connectivity index (χ1) is 15.8. The molecule has 2 aromatic rings. The number of ether oxygens (including phenoxy) is 1. The van der Waals surface area contributed by atoms with Crippen molar-refractivity contribution in [3.8, 4) is 0 Å². The summed E-state index contributed by atoms with van der Waals surface area (Å²) < 4.78 is 5.50. The normalized spacial score (nSPS) is 10.6. The van der Waals surface area contributed by atoms with Crippen molar-refractivity contribution in [3.05, 3.63) is 42.9 Å². The Morgan fingerprint density at radius 2 is 1.88 bits per heavy atom. The molecule has 33 heavy (non-hydrogen) atoms. The molecule has 178 valence electrons. The van der Waals surface area contributed by atoms with Crippen molar-refractivity contribution in [2.75, 3.05) is 13.2 Å². The van der Waals surface area contributed by atoms with Gasteiger partial charge in [0.2, 0.25) is 0 Å². The Kier molecular flexibility index (Phi) is 10.1. The zero-order valence-electron chi connectivity index (χ0n) is 18.2. The van der Waals surface area contributed by atoms with Crippen LogP contribution in [0.5, 0.6) is 0 Å². The first-order valence-corrected chi connectivity index (χ1v) is 11.9. The number of carbonyl (C=O) groups is 1. The van der Waals surface area contributed by atoms with Gasteiger partial charge in [-0.25, -0.2) is 0 Å². The molecule has 1 amide bonds. The summed E-state index contributed by atoms with van der Waals surface area (Å²) in [5.74, 6) is -0.471. The fourth-order valence-corrected chi connectivity index (χ4v) is 4.68. The van der Waals surface area contributed by atoms with Gasteiger partial charge >= 0.3 is 0 Å². The highest BCUT2D eigenvalue weighted by molar-refractivity contribution is 8.01. The average molecular weight is 497 g/mol. The number of hydrogen-bond acceptors (Lipinski definition) is 11. The van der Waals surface area contributed by atoms with Crippen LogP contribution in [0.15, 0.2) is 21.4 Å². The molecule has 1 aromatic carbocycles. The fraction of sp³-hybridized carbons (Fsp3) is 0.474. The van der Waals surface area contributed by atoms with Gasteiger partial charge in [-0.15, -0.1) is 10.2 Å². The van der Waals surface area contributed by atoms with Crippen LogP contribution in [-0.4, -0.2) is 45.0 Å². The monoisotopic (exact) mass is 496 g/mol. The van der Waals surface area contributed by atoms with Crippen molar-refractivity contribution >= 4 is 46.3 Å². The van der Waals surface area contributed by atoms with Gasteiger partial charge in [0.15, 0.2) is 10.2 Å². The number of aryl methyl sites for hydroxylation is 1. The van der Waals surface area contributed by atoms with E-state index in [2.05, 4.69) is 15.5 Å². The molecule has 1 aromatic heterocycles. The summed E-state index contributed by atoms with van der Waals surface area (Å²) in [6.45, 7) is 4.42. The van der Waals surface area contributed by atoms with Gasteiger partial charge in [-0.2, -0.15) is 0 Å². The first-order valence-electron chi connectivity index (χ1n) is 10.2. The van der Waals surface area contributed by atoms with Gasteiger partial charge in [0.1, 0.15) is 10.6 Å². The summed E-state index contributed by atoms with van der Waals surface area (Å²) in [7, 11) is 0. The quantitative estimate of drug-likeness (QED) is 0.134. The number of nitro groups is 2. The predicted molar refractivity (Wildman–Crippen MR) is 123 cm³/mol. The standard InChI is InChI=1S/C19H24N6O6S2/c1-3-17-22-23-19(33-17)32-15-10-12(13(24(27)28)11-14(15)25(29)30)18(26)21-9-7-5-6-8-16(20)31-4-2/h10-11,20H,3-9H2,1-2H3,(H,21,26). The molecule has 12 nitrogen and oxygen atoms in total. The predicted octanol–water partition coefficient (Wildman–Crippen LogP) is 4.37. The maximum Gasteiger partial charge on any atom is 0.290 e. The highest BCUT2D eigenvalue weighted by Crippen LogP contribution is 2.40. The number of aromatic nitrogens is 2. The van der Waals surface area contributed by atoms with E-state index in [1.165, 1.54) is 11.3 Å². The van der Waals surface area contributed by atoms with Crippen molar-refractivity contribution in [1.29, 1.82) is 5.41 Å². The molecular weight excluding hydrogens is 472 g/mol. The fourth-order valence-electron chi connectivity index (χ4n) is 2.76. The highest BCUT2D eigenvalue weighted by Gasteiger charge is 2.29. The number of unbranched alkanes of at least 4 members (excludes halogenated alkanes) is 2. The molecule has 0 aliphatic rings. The van der Waals surface area contributed by atoms with E-state index in [1.807, 2.05) is 13.8 Å². The summed E-state index contributed by atoms with van der Waals surface area (Å²) >= 11 is 2.20. The molecule has 0 unspecified atom stereocenters. The van der Waals surface area contributed by atoms with E-state index in [1.54, 1.807) is 0 Å². The van der Waals surface area contributed by atoms with Crippen LogP contribution in [-0.2, 0) is 11.2 Å². The average Bonchev–Trinajstić information content (AvgIpc) is 3.23. The number of nitrogens with zero attached hydrogens (tertiary/aromatic N) is 4. The minimum absolute atomic E-state index is 0.0731. The third kappa shape index (κ3) is 7.75. The summed E-state index contributed by atoms with van der Waals surface area (Å²) in [6, 6.07) is 1.96. The Balaban J connectivity index is 2.13. The van der Waals surface area contributed by atoms with Crippen LogP contribution in [0.2, 0.25) is 0 Å². The van der Waals surface area contributed by atoms with Gasteiger partial charge in [0.25, 0.3) is 17.3 Å². The zero-order chi connectivity index (χ0) is 24.4. The van der Waals surface area contributed by atoms with E-state index in [9.17, 15) is 25.0 Å². The molecule has 14 heteroatoms. The molecule has 0 spiro atoms. The van der Waals surface area contributed by atoms with Gasteiger partial charge in [-0.05, 0) is 32.3 Å². The third-order valence-electron chi connectivity index (χ3n) is 4.35. The molecule has 2 rings (SSSR count). The van der Waals surface area contributed by atoms with E-state index in [4.69, 9.17) is 10.1 Å². The Morgan fingerprint density at radius 1 is 1.15 bits per heavy atom. The number of carbonyl (C=O) groups excluding carboxylic acids is 1. The number of nitro benzene ring substituents is 2. The Labute approximate surface area is 197 Å². The van der Waals surface area contributed by atoms with E-state index in [0.717, 1.165) is 41.7 Å². The van der Waals surface area contributed by atoms with Crippen LogP contribution in [0.25, 0.3) is 0 Å². The largest absolute Gasteiger partial charge is 0.481 e. The second-order valence-electron chi connectivity index (χ2n) is 6.69. The van der Waals surface area contributed by atoms with Gasteiger partial charge in [-0.3, -0.25) is 30.4 Å². The molecule has 0 saturated carbocycles. The van der Waals surface area contributed by atoms with Crippen LogP contribution in [0.1, 0.15) is 54.9 Å². The second kappa shape index (κ2) is 12.8. The molecule has 0 atom stereocenters. The smallest absolute Gasteiger partial charge is 0.290 e. The van der Waals surface area contributed by atoms with Crippen molar-refractivity contribution in [2.24, 2.45) is 0 Å². The molecule has 0 fully saturated rings. The van der Waals surface area contributed by atoms with Crippen molar-refractivity contribution < 1.29 is 19.4 Å². The summed E-state index contributed by atoms with van der Waals surface area (Å²) in [5.41, 5.74) is -1.38. The summed E-state index contributed by atoms with van der Waals surface area (Å²) in [5, 5.41) is 41.9. The zero-order valence-corrected chi connectivity index (χ0v) is 19.8. The summed E-state index contributed by atoms with van der Waals surface area (Å²) in [4.78, 5) is 34.2. The lowest BCUT2D eigenvalue weighted by atomic mass is 10.1. The maximum atomic E-state index is 12.7. The number of benzene rings is 1. The minimum Gasteiger partial charge on any atom is -0.481 e. The number of nitrogens with one attached hydrogen (secondary N) is 2. The molecule has 0 aliphatic carbocycles. The van der Waals surface area contributed by atoms with Gasteiger partial charge in [0, 0.05) is 13.0 Å². The Bertz CT molecular complexity index is 1030. The summed E-state index contributed by atoms with van der Waals surface area (Å²) in [6.07, 6.45) is 3.21. The highest BCUT2D eigenvalue weighted by atomic mass is 32.2. The first kappa shape index (κ1) is 26.1. The Morgan fingerprint density at radius 3 is 2.48 bits per heavy atom. The van der Waals surface area contributed by atoms with Crippen LogP contribution >= 0.6 is 23.1 Å². The molecule has 0 radical (unpaired) electrons. The van der Waals surface area contributed by atoms with Gasteiger partial charge in [-0.1, -0.05) is 36.4 Å². The lowest BCUT2D eigenvalue weighted by Crippen LogP contribution is -2.25.